The molecule has 0 saturated heterocycles. The van der Waals surface area contributed by atoms with Gasteiger partial charge in [0.25, 0.3) is 0 Å². The predicted molar refractivity (Wildman–Crippen MR) is 89.4 cm³/mol. The molecule has 0 bridgehead atoms. The molecule has 0 aliphatic carbocycles. The van der Waals surface area contributed by atoms with Gasteiger partial charge >= 0.3 is 0 Å². The number of aliphatic hydroxyl groups excluding tert-OH is 1. The van der Waals surface area contributed by atoms with Crippen LogP contribution in [0.5, 0.6) is 0 Å². The van der Waals surface area contributed by atoms with Gasteiger partial charge in [-0.05, 0) is 29.5 Å². The molecule has 0 amide bonds. The second-order valence-electron chi connectivity index (χ2n) is 5.89. The molecule has 3 rings (SSSR count). The average molecular weight is 306 g/mol. The third kappa shape index (κ3) is 3.41. The molecular formula is C19H18N2O2. The third-order valence-electron chi connectivity index (χ3n) is 4.22. The van der Waals surface area contributed by atoms with Gasteiger partial charge in [-0.1, -0.05) is 42.5 Å². The second-order valence-corrected chi connectivity index (χ2v) is 5.89. The van der Waals surface area contributed by atoms with Crippen LogP contribution in [0, 0.1) is 12.5 Å². The third-order valence-corrected chi connectivity index (χ3v) is 4.22. The van der Waals surface area contributed by atoms with Crippen molar-refractivity contribution < 1.29 is 9.90 Å². The van der Waals surface area contributed by atoms with E-state index in [1.807, 2.05) is 30.3 Å². The van der Waals surface area contributed by atoms with Gasteiger partial charge in [-0.15, -0.1) is 0 Å². The van der Waals surface area contributed by atoms with E-state index in [1.54, 1.807) is 18.2 Å². The van der Waals surface area contributed by atoms with Crippen molar-refractivity contribution in [2.24, 2.45) is 5.92 Å². The van der Waals surface area contributed by atoms with E-state index in [0.29, 0.717) is 24.2 Å². The summed E-state index contributed by atoms with van der Waals surface area (Å²) < 4.78 is 0. The molecule has 2 aromatic rings. The topological polar surface area (TPSA) is 53.7 Å². The van der Waals surface area contributed by atoms with Crippen molar-refractivity contribution >= 4 is 17.2 Å². The molecule has 0 radical (unpaired) electrons. The zero-order chi connectivity index (χ0) is 16.2. The first-order valence-electron chi connectivity index (χ1n) is 7.67. The fourth-order valence-electron chi connectivity index (χ4n) is 2.99. The Kier molecular flexibility index (Phi) is 4.40. The van der Waals surface area contributed by atoms with E-state index in [0.717, 1.165) is 17.7 Å². The van der Waals surface area contributed by atoms with Crippen LogP contribution in [-0.4, -0.2) is 17.4 Å². The molecule has 2 aromatic carbocycles. The van der Waals surface area contributed by atoms with Gasteiger partial charge in [0.1, 0.15) is 6.10 Å². The minimum atomic E-state index is -1.06. The Labute approximate surface area is 135 Å². The minimum Gasteiger partial charge on any atom is -0.385 e. The fourth-order valence-corrected chi connectivity index (χ4v) is 2.99. The first kappa shape index (κ1) is 15.3. The first-order valence-corrected chi connectivity index (χ1v) is 7.67. The van der Waals surface area contributed by atoms with Crippen molar-refractivity contribution in [2.75, 3.05) is 11.9 Å². The van der Waals surface area contributed by atoms with Crippen molar-refractivity contribution in [3.8, 4) is 0 Å². The van der Waals surface area contributed by atoms with Crippen LogP contribution in [-0.2, 0) is 11.2 Å². The Morgan fingerprint density at radius 2 is 2.09 bits per heavy atom. The lowest BCUT2D eigenvalue weighted by Gasteiger charge is -2.26. The lowest BCUT2D eigenvalue weighted by molar-refractivity contribution is -0.128. The van der Waals surface area contributed by atoms with Crippen LogP contribution in [0.3, 0.4) is 0 Å². The van der Waals surface area contributed by atoms with Gasteiger partial charge in [-0.3, -0.25) is 4.79 Å². The van der Waals surface area contributed by atoms with E-state index in [2.05, 4.69) is 10.2 Å². The normalized spacial score (nSPS) is 17.5. The van der Waals surface area contributed by atoms with Crippen molar-refractivity contribution in [2.45, 2.75) is 18.9 Å². The number of benzene rings is 2. The van der Waals surface area contributed by atoms with Gasteiger partial charge in [0.05, 0.1) is 6.57 Å². The molecule has 4 nitrogen and oxygen atoms in total. The van der Waals surface area contributed by atoms with Crippen LogP contribution < -0.4 is 5.32 Å². The molecule has 0 aromatic heterocycles. The molecule has 1 aliphatic heterocycles. The van der Waals surface area contributed by atoms with E-state index in [1.165, 1.54) is 0 Å². The van der Waals surface area contributed by atoms with Crippen molar-refractivity contribution in [3.05, 3.63) is 71.1 Å². The number of anilines is 1. The molecular weight excluding hydrogens is 288 g/mol. The van der Waals surface area contributed by atoms with Crippen molar-refractivity contribution in [3.63, 3.8) is 0 Å². The van der Waals surface area contributed by atoms with Crippen LogP contribution in [0.2, 0.25) is 0 Å². The van der Waals surface area contributed by atoms with E-state index in [9.17, 15) is 9.90 Å². The number of Topliss-reactive ketones (excluding diaryl/α,β-unsaturated/α-hetero) is 1. The number of hydrogen-bond donors (Lipinski definition) is 2. The number of nitrogens with zero attached hydrogens (tertiary/aromatic N) is 1. The van der Waals surface area contributed by atoms with Crippen LogP contribution in [0.25, 0.3) is 4.85 Å². The van der Waals surface area contributed by atoms with Gasteiger partial charge in [-0.25, -0.2) is 4.85 Å². The molecule has 23 heavy (non-hydrogen) atoms. The number of carbonyl (C=O) groups is 1. The van der Waals surface area contributed by atoms with Crippen LogP contribution >= 0.6 is 0 Å². The molecule has 0 saturated carbocycles. The fraction of sp³-hybridized carbons (Fsp3) is 0.263. The zero-order valence-corrected chi connectivity index (χ0v) is 12.7. The molecule has 4 heteroatoms. The van der Waals surface area contributed by atoms with E-state index in [-0.39, 0.29) is 11.7 Å². The maximum Gasteiger partial charge on any atom is 0.187 e. The molecule has 1 heterocycles. The Morgan fingerprint density at radius 1 is 1.30 bits per heavy atom. The molecule has 116 valence electrons. The smallest absolute Gasteiger partial charge is 0.187 e. The monoisotopic (exact) mass is 306 g/mol. The summed E-state index contributed by atoms with van der Waals surface area (Å²) in [5, 5.41) is 13.5. The van der Waals surface area contributed by atoms with Gasteiger partial charge in [0.2, 0.25) is 0 Å². The Bertz CT molecular complexity index is 750. The van der Waals surface area contributed by atoms with Crippen LogP contribution in [0.1, 0.15) is 23.7 Å². The highest BCUT2D eigenvalue weighted by Gasteiger charge is 2.25. The lowest BCUT2D eigenvalue weighted by Crippen LogP contribution is -2.27. The summed E-state index contributed by atoms with van der Waals surface area (Å²) in [4.78, 5) is 15.8. The summed E-state index contributed by atoms with van der Waals surface area (Å²) in [5.41, 5.74) is 3.35. The van der Waals surface area contributed by atoms with Crippen molar-refractivity contribution in [1.82, 2.24) is 0 Å². The summed E-state index contributed by atoms with van der Waals surface area (Å²) in [6.07, 6.45) is 0.0103. The first-order chi connectivity index (χ1) is 11.2. The van der Waals surface area contributed by atoms with E-state index >= 15 is 0 Å². The molecule has 0 fully saturated rings. The number of rotatable bonds is 4. The quantitative estimate of drug-likeness (QED) is 0.850. The van der Waals surface area contributed by atoms with Gasteiger partial charge in [0, 0.05) is 18.7 Å². The predicted octanol–water partition coefficient (Wildman–Crippen LogP) is 3.51. The Morgan fingerprint density at radius 3 is 2.83 bits per heavy atom. The van der Waals surface area contributed by atoms with Gasteiger partial charge in [-0.2, -0.15) is 0 Å². The Balaban J connectivity index is 1.67. The zero-order valence-electron chi connectivity index (χ0n) is 12.7. The lowest BCUT2D eigenvalue weighted by atomic mass is 9.88. The largest absolute Gasteiger partial charge is 0.385 e. The maximum atomic E-state index is 12.3. The number of hydrogen-bond acceptors (Lipinski definition) is 3. The summed E-state index contributed by atoms with van der Waals surface area (Å²) in [7, 11) is 0. The Hall–Kier alpha value is -2.64. The number of fused-ring (bicyclic) bond motifs is 1. The summed E-state index contributed by atoms with van der Waals surface area (Å²) >= 11 is 0. The van der Waals surface area contributed by atoms with Crippen LogP contribution in [0.4, 0.5) is 11.4 Å². The molecule has 0 spiro atoms. The summed E-state index contributed by atoms with van der Waals surface area (Å²) in [6.45, 7) is 7.80. The highest BCUT2D eigenvalue weighted by atomic mass is 16.3. The number of ketones is 1. The number of aliphatic hydroxyl groups is 1. The SMILES string of the molecule is [C-]#[N+]c1ccc2c(c1)C[C@H](CC(=O)[C@@H](O)c1ccccc1)CN2. The second kappa shape index (κ2) is 6.64. The molecule has 2 N–H and O–H groups in total. The standard InChI is InChI=1S/C19H18N2O2/c1-20-16-7-8-17-15(11-16)9-13(12-21-17)10-18(22)19(23)14-5-3-2-4-6-14/h2-8,11,13,19,21,23H,9-10,12H2/t13-,19+/m1/s1. The minimum absolute atomic E-state index is 0.134. The van der Waals surface area contributed by atoms with E-state index < -0.39 is 6.10 Å². The van der Waals surface area contributed by atoms with Crippen LogP contribution in [0.15, 0.2) is 48.5 Å². The van der Waals surface area contributed by atoms with Gasteiger partial charge < -0.3 is 10.4 Å². The number of nitrogens with one attached hydrogen (secondary N) is 1. The number of carbonyl (C=O) groups excluding carboxylic acids is 1. The average Bonchev–Trinajstić information content (AvgIpc) is 2.61. The molecule has 0 unspecified atom stereocenters. The van der Waals surface area contributed by atoms with Gasteiger partial charge in [0.15, 0.2) is 11.5 Å². The summed E-state index contributed by atoms with van der Waals surface area (Å²) in [6, 6.07) is 14.6. The maximum absolute atomic E-state index is 12.3. The highest BCUT2D eigenvalue weighted by Crippen LogP contribution is 2.30. The molecule has 2 atom stereocenters. The molecule has 1 aliphatic rings. The van der Waals surface area contributed by atoms with E-state index in [4.69, 9.17) is 6.57 Å². The highest BCUT2D eigenvalue weighted by molar-refractivity contribution is 5.84. The summed E-state index contributed by atoms with van der Waals surface area (Å²) in [5.74, 6) is -0.0258. The van der Waals surface area contributed by atoms with Crippen molar-refractivity contribution in [1.29, 1.82) is 0 Å².